The van der Waals surface area contributed by atoms with Crippen LogP contribution in [0, 0.1) is 0 Å². The van der Waals surface area contributed by atoms with E-state index in [1.54, 1.807) is 6.92 Å². The Hall–Kier alpha value is -1.75. The smallest absolute Gasteiger partial charge is 0.237 e. The Morgan fingerprint density at radius 2 is 1.87 bits per heavy atom. The van der Waals surface area contributed by atoms with Crippen LogP contribution in [0.3, 0.4) is 0 Å². The van der Waals surface area contributed by atoms with Gasteiger partial charge < -0.3 is 15.4 Å². The highest BCUT2D eigenvalue weighted by Gasteiger charge is 2.11. The van der Waals surface area contributed by atoms with Crippen molar-refractivity contribution in [1.82, 2.24) is 10.6 Å². The minimum absolute atomic E-state index is 0.0421. The van der Waals surface area contributed by atoms with E-state index in [0.717, 1.165) is 11.3 Å². The zero-order valence-electron chi connectivity index (χ0n) is 13.9. The molecule has 0 aliphatic carbocycles. The number of alkyl halides is 1. The standard InChI is InChI=1S/C17H25ClN2O3/c1-4-23-15-9-7-14(8-10-15)13(3)20-16(21)6-5-11-19-17(22)12(2)18/h7-10,12-13H,4-6,11H2,1-3H3,(H,19,22)(H,20,21). The van der Waals surface area contributed by atoms with Crippen molar-refractivity contribution in [2.24, 2.45) is 0 Å². The summed E-state index contributed by atoms with van der Waals surface area (Å²) in [5.74, 6) is 0.563. The van der Waals surface area contributed by atoms with Crippen LogP contribution in [0.2, 0.25) is 0 Å². The second-order valence-electron chi connectivity index (χ2n) is 5.30. The number of amides is 2. The minimum Gasteiger partial charge on any atom is -0.494 e. The molecule has 0 radical (unpaired) electrons. The maximum Gasteiger partial charge on any atom is 0.237 e. The van der Waals surface area contributed by atoms with Gasteiger partial charge in [0.05, 0.1) is 12.6 Å². The van der Waals surface area contributed by atoms with Crippen molar-refractivity contribution in [2.75, 3.05) is 13.2 Å². The molecule has 2 unspecified atom stereocenters. The van der Waals surface area contributed by atoms with Crippen LogP contribution in [-0.4, -0.2) is 30.3 Å². The Balaban J connectivity index is 2.31. The minimum atomic E-state index is -0.552. The Morgan fingerprint density at radius 1 is 1.22 bits per heavy atom. The lowest BCUT2D eigenvalue weighted by Crippen LogP contribution is -2.32. The van der Waals surface area contributed by atoms with Gasteiger partial charge in [-0.05, 0) is 44.9 Å². The van der Waals surface area contributed by atoms with Crippen LogP contribution in [0.4, 0.5) is 0 Å². The molecule has 0 fully saturated rings. The van der Waals surface area contributed by atoms with Gasteiger partial charge in [0.2, 0.25) is 11.8 Å². The highest BCUT2D eigenvalue weighted by molar-refractivity contribution is 6.30. The molecule has 2 amide bonds. The number of ether oxygens (including phenoxy) is 1. The first-order valence-corrected chi connectivity index (χ1v) is 8.31. The Bertz CT molecular complexity index is 503. The second-order valence-corrected chi connectivity index (χ2v) is 5.96. The molecule has 0 aliphatic rings. The van der Waals surface area contributed by atoms with Gasteiger partial charge in [-0.2, -0.15) is 0 Å². The van der Waals surface area contributed by atoms with Crippen LogP contribution in [-0.2, 0) is 9.59 Å². The van der Waals surface area contributed by atoms with Crippen LogP contribution in [0.1, 0.15) is 45.2 Å². The number of benzene rings is 1. The molecule has 1 rings (SSSR count). The topological polar surface area (TPSA) is 67.4 Å². The molecule has 6 heteroatoms. The highest BCUT2D eigenvalue weighted by atomic mass is 35.5. The van der Waals surface area contributed by atoms with Gasteiger partial charge in [-0.3, -0.25) is 9.59 Å². The zero-order valence-corrected chi connectivity index (χ0v) is 14.7. The van der Waals surface area contributed by atoms with Crippen molar-refractivity contribution < 1.29 is 14.3 Å². The van der Waals surface area contributed by atoms with E-state index in [-0.39, 0.29) is 17.9 Å². The van der Waals surface area contributed by atoms with Crippen molar-refractivity contribution in [2.45, 2.75) is 45.0 Å². The van der Waals surface area contributed by atoms with Crippen LogP contribution in [0.5, 0.6) is 5.75 Å². The van der Waals surface area contributed by atoms with E-state index >= 15 is 0 Å². The fourth-order valence-electron chi connectivity index (χ4n) is 2.02. The lowest BCUT2D eigenvalue weighted by molar-refractivity contribution is -0.123. The van der Waals surface area contributed by atoms with Crippen LogP contribution < -0.4 is 15.4 Å². The maximum atomic E-state index is 11.9. The van der Waals surface area contributed by atoms with E-state index < -0.39 is 5.38 Å². The molecule has 128 valence electrons. The molecule has 0 heterocycles. The molecular weight excluding hydrogens is 316 g/mol. The maximum absolute atomic E-state index is 11.9. The third-order valence-corrected chi connectivity index (χ3v) is 3.51. The van der Waals surface area contributed by atoms with E-state index in [4.69, 9.17) is 16.3 Å². The molecule has 2 atom stereocenters. The highest BCUT2D eigenvalue weighted by Crippen LogP contribution is 2.17. The number of rotatable bonds is 9. The molecule has 0 aliphatic heterocycles. The van der Waals surface area contributed by atoms with Crippen LogP contribution in [0.25, 0.3) is 0 Å². The first kappa shape index (κ1) is 19.3. The van der Waals surface area contributed by atoms with Crippen LogP contribution in [0.15, 0.2) is 24.3 Å². The monoisotopic (exact) mass is 340 g/mol. The van der Waals surface area contributed by atoms with Gasteiger partial charge >= 0.3 is 0 Å². The Morgan fingerprint density at radius 3 is 2.43 bits per heavy atom. The van der Waals surface area contributed by atoms with Gasteiger partial charge in [0, 0.05) is 13.0 Å². The number of nitrogens with one attached hydrogen (secondary N) is 2. The van der Waals surface area contributed by atoms with Crippen molar-refractivity contribution in [1.29, 1.82) is 0 Å². The largest absolute Gasteiger partial charge is 0.494 e. The number of carbonyl (C=O) groups is 2. The van der Waals surface area contributed by atoms with Crippen molar-refractivity contribution >= 4 is 23.4 Å². The quantitative estimate of drug-likeness (QED) is 0.536. The van der Waals surface area contributed by atoms with Crippen molar-refractivity contribution in [3.05, 3.63) is 29.8 Å². The molecule has 0 saturated heterocycles. The van der Waals surface area contributed by atoms with E-state index in [9.17, 15) is 9.59 Å². The zero-order chi connectivity index (χ0) is 17.2. The summed E-state index contributed by atoms with van der Waals surface area (Å²) in [7, 11) is 0. The predicted octanol–water partition coefficient (Wildman–Crippen LogP) is 2.79. The summed E-state index contributed by atoms with van der Waals surface area (Å²) in [5.41, 5.74) is 1.02. The van der Waals surface area contributed by atoms with Gasteiger partial charge in [0.15, 0.2) is 0 Å². The molecular formula is C17H25ClN2O3. The summed E-state index contributed by atoms with van der Waals surface area (Å²) in [5, 5.41) is 5.06. The molecule has 0 saturated carbocycles. The normalized spacial score (nSPS) is 13.0. The fraction of sp³-hybridized carbons (Fsp3) is 0.529. The summed E-state index contributed by atoms with van der Waals surface area (Å²) in [6.07, 6.45) is 0.940. The van der Waals surface area contributed by atoms with Crippen molar-refractivity contribution in [3.63, 3.8) is 0 Å². The first-order valence-electron chi connectivity index (χ1n) is 7.88. The average molecular weight is 341 g/mol. The molecule has 5 nitrogen and oxygen atoms in total. The van der Waals surface area contributed by atoms with Crippen molar-refractivity contribution in [3.8, 4) is 5.75 Å². The SMILES string of the molecule is CCOc1ccc(C(C)NC(=O)CCCNC(=O)C(C)Cl)cc1. The Kier molecular flexibility index (Phi) is 8.48. The fourth-order valence-corrected chi connectivity index (χ4v) is 2.09. The van der Waals surface area contributed by atoms with Gasteiger partial charge in [-0.15, -0.1) is 11.6 Å². The molecule has 0 bridgehead atoms. The molecule has 0 spiro atoms. The number of halogens is 1. The molecule has 23 heavy (non-hydrogen) atoms. The summed E-state index contributed by atoms with van der Waals surface area (Å²) in [6, 6.07) is 7.60. The second kappa shape index (κ2) is 10.1. The third kappa shape index (κ3) is 7.37. The molecule has 0 aromatic heterocycles. The predicted molar refractivity (Wildman–Crippen MR) is 91.7 cm³/mol. The summed E-state index contributed by atoms with van der Waals surface area (Å²) >= 11 is 5.64. The first-order chi connectivity index (χ1) is 10.9. The van der Waals surface area contributed by atoms with Gasteiger partial charge in [-0.25, -0.2) is 0 Å². The summed E-state index contributed by atoms with van der Waals surface area (Å²) < 4.78 is 5.39. The number of hydrogen-bond donors (Lipinski definition) is 2. The molecule has 1 aromatic carbocycles. The average Bonchev–Trinajstić information content (AvgIpc) is 2.52. The summed E-state index contributed by atoms with van der Waals surface area (Å²) in [4.78, 5) is 23.2. The van der Waals surface area contributed by atoms with Gasteiger partial charge in [0.1, 0.15) is 11.1 Å². The number of carbonyl (C=O) groups excluding carboxylic acids is 2. The van der Waals surface area contributed by atoms with E-state index in [0.29, 0.717) is 26.0 Å². The lowest BCUT2D eigenvalue weighted by Gasteiger charge is -2.15. The van der Waals surface area contributed by atoms with Crippen LogP contribution >= 0.6 is 11.6 Å². The van der Waals surface area contributed by atoms with Gasteiger partial charge in [0.25, 0.3) is 0 Å². The summed E-state index contributed by atoms with van der Waals surface area (Å²) in [6.45, 7) is 6.56. The lowest BCUT2D eigenvalue weighted by atomic mass is 10.1. The number of hydrogen-bond acceptors (Lipinski definition) is 3. The van der Waals surface area contributed by atoms with E-state index in [1.807, 2.05) is 38.1 Å². The van der Waals surface area contributed by atoms with E-state index in [1.165, 1.54) is 0 Å². The third-order valence-electron chi connectivity index (χ3n) is 3.31. The molecule has 1 aromatic rings. The molecule has 2 N–H and O–H groups in total. The van der Waals surface area contributed by atoms with E-state index in [2.05, 4.69) is 10.6 Å². The van der Waals surface area contributed by atoms with Gasteiger partial charge in [-0.1, -0.05) is 12.1 Å². The Labute approximate surface area is 142 Å².